The fourth-order valence-corrected chi connectivity index (χ4v) is 3.99. The number of aryl methyl sites for hydroxylation is 1. The Labute approximate surface area is 158 Å². The van der Waals surface area contributed by atoms with Gasteiger partial charge in [0.05, 0.1) is 15.2 Å². The fourth-order valence-electron chi connectivity index (χ4n) is 3.19. The SMILES string of the molecule is Cc1nc2cc(OCc3nc(C(=O)N4CCC[C@H]4C(N)=O)co3)ccc2s1. The van der Waals surface area contributed by atoms with Crippen LogP contribution in [0.3, 0.4) is 0 Å². The molecular weight excluding hydrogens is 368 g/mol. The van der Waals surface area contributed by atoms with Gasteiger partial charge >= 0.3 is 0 Å². The van der Waals surface area contributed by atoms with Crippen molar-refractivity contribution in [3.63, 3.8) is 0 Å². The third-order valence-corrected chi connectivity index (χ3v) is 5.39. The van der Waals surface area contributed by atoms with Gasteiger partial charge in [-0.05, 0) is 31.9 Å². The molecule has 4 rings (SSSR count). The van der Waals surface area contributed by atoms with Crippen molar-refractivity contribution in [2.45, 2.75) is 32.4 Å². The first-order valence-corrected chi connectivity index (χ1v) is 9.37. The van der Waals surface area contributed by atoms with Crippen LogP contribution in [0.25, 0.3) is 10.2 Å². The standard InChI is InChI=1S/C18H18N4O4S/c1-10-20-12-7-11(4-5-15(12)27-10)25-9-16-21-13(8-26-16)18(24)22-6-2-3-14(22)17(19)23/h4-5,7-8,14H,2-3,6,9H2,1H3,(H2,19,23)/t14-/m0/s1. The van der Waals surface area contributed by atoms with Crippen LogP contribution in [0.4, 0.5) is 0 Å². The maximum absolute atomic E-state index is 12.5. The van der Waals surface area contributed by atoms with Crippen LogP contribution in [0.5, 0.6) is 5.75 Å². The topological polar surface area (TPSA) is 112 Å². The maximum Gasteiger partial charge on any atom is 0.276 e. The van der Waals surface area contributed by atoms with Crippen LogP contribution in [-0.2, 0) is 11.4 Å². The molecular formula is C18H18N4O4S. The first-order chi connectivity index (χ1) is 13.0. The second-order valence-corrected chi connectivity index (χ2v) is 7.57. The first-order valence-electron chi connectivity index (χ1n) is 8.56. The molecule has 1 atom stereocenters. The van der Waals surface area contributed by atoms with Crippen molar-refractivity contribution in [1.29, 1.82) is 0 Å². The van der Waals surface area contributed by atoms with Gasteiger partial charge < -0.3 is 19.8 Å². The van der Waals surface area contributed by atoms with Gasteiger partial charge in [0, 0.05) is 12.6 Å². The first kappa shape index (κ1) is 17.5. The lowest BCUT2D eigenvalue weighted by atomic mass is 10.2. The predicted molar refractivity (Wildman–Crippen MR) is 98.4 cm³/mol. The molecule has 3 aromatic rings. The number of hydrogen-bond donors (Lipinski definition) is 1. The number of likely N-dealkylation sites (tertiary alicyclic amines) is 1. The summed E-state index contributed by atoms with van der Waals surface area (Å²) in [7, 11) is 0. The van der Waals surface area contributed by atoms with Gasteiger partial charge in [0.2, 0.25) is 11.8 Å². The lowest BCUT2D eigenvalue weighted by Crippen LogP contribution is -2.43. The number of thiazole rings is 1. The van der Waals surface area contributed by atoms with Crippen molar-refractivity contribution >= 4 is 33.4 Å². The number of primary amides is 1. The molecule has 2 aromatic heterocycles. The summed E-state index contributed by atoms with van der Waals surface area (Å²) in [5.41, 5.74) is 6.39. The number of nitrogens with zero attached hydrogens (tertiary/aromatic N) is 3. The zero-order valence-corrected chi connectivity index (χ0v) is 15.5. The number of benzene rings is 1. The Kier molecular flexibility index (Phi) is 4.53. The summed E-state index contributed by atoms with van der Waals surface area (Å²) in [5.74, 6) is 0.0705. The van der Waals surface area contributed by atoms with E-state index in [0.29, 0.717) is 18.7 Å². The number of carbonyl (C=O) groups excluding carboxylic acids is 2. The van der Waals surface area contributed by atoms with E-state index in [1.165, 1.54) is 11.2 Å². The Morgan fingerprint density at radius 1 is 1.41 bits per heavy atom. The van der Waals surface area contributed by atoms with Gasteiger partial charge in [0.1, 0.15) is 18.1 Å². The molecule has 2 amide bonds. The Bertz CT molecular complexity index is 1010. The normalized spacial score (nSPS) is 16.8. The number of aromatic nitrogens is 2. The lowest BCUT2D eigenvalue weighted by molar-refractivity contribution is -0.121. The molecule has 0 aliphatic carbocycles. The lowest BCUT2D eigenvalue weighted by Gasteiger charge is -2.20. The summed E-state index contributed by atoms with van der Waals surface area (Å²) in [6.45, 7) is 2.53. The van der Waals surface area contributed by atoms with Gasteiger partial charge in [-0.2, -0.15) is 0 Å². The molecule has 8 nitrogen and oxygen atoms in total. The van der Waals surface area contributed by atoms with Crippen LogP contribution in [0, 0.1) is 6.92 Å². The molecule has 1 aliphatic heterocycles. The summed E-state index contributed by atoms with van der Waals surface area (Å²) in [4.78, 5) is 34.1. The van der Waals surface area contributed by atoms with Crippen LogP contribution in [0.2, 0.25) is 0 Å². The molecule has 0 radical (unpaired) electrons. The summed E-state index contributed by atoms with van der Waals surface area (Å²) in [6, 6.07) is 5.09. The highest BCUT2D eigenvalue weighted by Gasteiger charge is 2.34. The van der Waals surface area contributed by atoms with E-state index in [9.17, 15) is 9.59 Å². The molecule has 9 heteroatoms. The van der Waals surface area contributed by atoms with E-state index in [-0.39, 0.29) is 24.1 Å². The molecule has 1 fully saturated rings. The Balaban J connectivity index is 1.42. The predicted octanol–water partition coefficient (Wildman–Crippen LogP) is 2.26. The molecule has 0 bridgehead atoms. The molecule has 27 heavy (non-hydrogen) atoms. The smallest absolute Gasteiger partial charge is 0.276 e. The van der Waals surface area contributed by atoms with Crippen molar-refractivity contribution < 1.29 is 18.7 Å². The fraction of sp³-hybridized carbons (Fsp3) is 0.333. The molecule has 0 unspecified atom stereocenters. The second-order valence-electron chi connectivity index (χ2n) is 6.34. The summed E-state index contributed by atoms with van der Waals surface area (Å²) in [5, 5.41) is 0.995. The third-order valence-electron chi connectivity index (χ3n) is 4.44. The average Bonchev–Trinajstić information content (AvgIpc) is 3.37. The molecule has 2 N–H and O–H groups in total. The number of carbonyl (C=O) groups is 2. The van der Waals surface area contributed by atoms with Gasteiger partial charge in [-0.3, -0.25) is 9.59 Å². The highest BCUT2D eigenvalue weighted by molar-refractivity contribution is 7.18. The molecule has 140 valence electrons. The zero-order chi connectivity index (χ0) is 19.0. The summed E-state index contributed by atoms with van der Waals surface area (Å²) < 4.78 is 12.1. The van der Waals surface area contributed by atoms with Crippen molar-refractivity contribution in [3.8, 4) is 5.75 Å². The highest BCUT2D eigenvalue weighted by Crippen LogP contribution is 2.26. The van der Waals surface area contributed by atoms with Crippen LogP contribution in [0.15, 0.2) is 28.9 Å². The minimum absolute atomic E-state index is 0.0845. The monoisotopic (exact) mass is 386 g/mol. The Morgan fingerprint density at radius 3 is 3.07 bits per heavy atom. The Hall–Kier alpha value is -2.94. The van der Waals surface area contributed by atoms with E-state index < -0.39 is 11.9 Å². The Morgan fingerprint density at radius 2 is 2.26 bits per heavy atom. The van der Waals surface area contributed by atoms with Crippen LogP contribution >= 0.6 is 11.3 Å². The molecule has 3 heterocycles. The number of fused-ring (bicyclic) bond motifs is 1. The largest absolute Gasteiger partial charge is 0.484 e. The molecule has 1 aliphatic rings. The summed E-state index contributed by atoms with van der Waals surface area (Å²) >= 11 is 1.62. The number of amides is 2. The minimum atomic E-state index is -0.581. The quantitative estimate of drug-likeness (QED) is 0.720. The van der Waals surface area contributed by atoms with Crippen LogP contribution in [0.1, 0.15) is 34.2 Å². The van der Waals surface area contributed by atoms with E-state index in [1.54, 1.807) is 11.3 Å². The van der Waals surface area contributed by atoms with Gasteiger partial charge in [0.25, 0.3) is 5.91 Å². The number of rotatable bonds is 5. The molecule has 1 aromatic carbocycles. The summed E-state index contributed by atoms with van der Waals surface area (Å²) in [6.07, 6.45) is 2.60. The van der Waals surface area contributed by atoms with E-state index in [4.69, 9.17) is 14.9 Å². The van der Waals surface area contributed by atoms with E-state index >= 15 is 0 Å². The highest BCUT2D eigenvalue weighted by atomic mass is 32.1. The number of hydrogen-bond acceptors (Lipinski definition) is 7. The zero-order valence-electron chi connectivity index (χ0n) is 14.7. The van der Waals surface area contributed by atoms with E-state index in [2.05, 4.69) is 9.97 Å². The van der Waals surface area contributed by atoms with E-state index in [0.717, 1.165) is 21.6 Å². The molecule has 0 spiro atoms. The molecule has 0 saturated carbocycles. The van der Waals surface area contributed by atoms with Gasteiger partial charge in [-0.15, -0.1) is 11.3 Å². The van der Waals surface area contributed by atoms with Gasteiger partial charge in [-0.1, -0.05) is 0 Å². The van der Waals surface area contributed by atoms with E-state index in [1.807, 2.05) is 25.1 Å². The van der Waals surface area contributed by atoms with Crippen molar-refractivity contribution in [2.75, 3.05) is 6.54 Å². The maximum atomic E-state index is 12.5. The minimum Gasteiger partial charge on any atom is -0.484 e. The molecule has 1 saturated heterocycles. The third kappa shape index (κ3) is 3.50. The van der Waals surface area contributed by atoms with Crippen molar-refractivity contribution in [3.05, 3.63) is 41.1 Å². The van der Waals surface area contributed by atoms with Crippen LogP contribution < -0.4 is 10.5 Å². The van der Waals surface area contributed by atoms with Crippen LogP contribution in [-0.4, -0.2) is 39.3 Å². The van der Waals surface area contributed by atoms with Crippen molar-refractivity contribution in [1.82, 2.24) is 14.9 Å². The van der Waals surface area contributed by atoms with Crippen molar-refractivity contribution in [2.24, 2.45) is 5.73 Å². The number of nitrogens with two attached hydrogens (primary N) is 1. The second kappa shape index (κ2) is 6.99. The number of oxazole rings is 1. The average molecular weight is 386 g/mol. The van der Waals surface area contributed by atoms with Gasteiger partial charge in [-0.25, -0.2) is 9.97 Å². The van der Waals surface area contributed by atoms with Gasteiger partial charge in [0.15, 0.2) is 12.3 Å². The number of ether oxygens (including phenoxy) is 1.